The van der Waals surface area contributed by atoms with Crippen LogP contribution in [0.2, 0.25) is 0 Å². The summed E-state index contributed by atoms with van der Waals surface area (Å²) in [6.45, 7) is 4.67. The molecule has 0 aliphatic carbocycles. The van der Waals surface area contributed by atoms with Crippen LogP contribution in [0.3, 0.4) is 0 Å². The lowest BCUT2D eigenvalue weighted by molar-refractivity contribution is -0.139. The summed E-state index contributed by atoms with van der Waals surface area (Å²) in [4.78, 5) is 25.1. The molecule has 1 N–H and O–H groups in total. The number of esters is 1. The van der Waals surface area contributed by atoms with Crippen molar-refractivity contribution in [1.29, 1.82) is 0 Å². The zero-order chi connectivity index (χ0) is 20.9. The molecule has 2 aromatic rings. The highest BCUT2D eigenvalue weighted by molar-refractivity contribution is 5.97. The molecule has 0 radical (unpaired) electrons. The molecule has 3 rings (SSSR count). The lowest BCUT2D eigenvalue weighted by Crippen LogP contribution is -2.51. The van der Waals surface area contributed by atoms with Crippen LogP contribution in [0.4, 0.5) is 0 Å². The predicted octanol–water partition coefficient (Wildman–Crippen LogP) is 3.66. The third kappa shape index (κ3) is 4.70. The Labute approximate surface area is 171 Å². The molecule has 0 spiro atoms. The minimum atomic E-state index is -1.24. The standard InChI is InChI=1S/C23H27NO5/c1-4-5-12-28-19-11-10-16(13-20(19)27-3)15-24-22(26)23(2)14-17-8-6-7-9-18(17)21(25)29-23/h6-11,13H,4-5,12,14-15H2,1-3H3,(H,24,26). The van der Waals surface area contributed by atoms with Crippen molar-refractivity contribution in [2.75, 3.05) is 13.7 Å². The molecule has 1 aliphatic heterocycles. The largest absolute Gasteiger partial charge is 0.493 e. The van der Waals surface area contributed by atoms with E-state index in [1.807, 2.05) is 30.3 Å². The molecule has 0 aromatic heterocycles. The first-order valence-corrected chi connectivity index (χ1v) is 9.86. The molecule has 0 saturated heterocycles. The van der Waals surface area contributed by atoms with E-state index < -0.39 is 11.6 Å². The maximum atomic E-state index is 12.8. The molecule has 1 aliphatic rings. The molecule has 1 heterocycles. The van der Waals surface area contributed by atoms with Crippen molar-refractivity contribution < 1.29 is 23.8 Å². The first-order valence-electron chi connectivity index (χ1n) is 9.86. The Morgan fingerprint density at radius 2 is 2.00 bits per heavy atom. The quantitative estimate of drug-likeness (QED) is 0.544. The fourth-order valence-corrected chi connectivity index (χ4v) is 3.30. The number of amides is 1. The van der Waals surface area contributed by atoms with Gasteiger partial charge in [-0.05, 0) is 42.7 Å². The van der Waals surface area contributed by atoms with Crippen LogP contribution in [0.25, 0.3) is 0 Å². The Balaban J connectivity index is 1.65. The normalized spacial score (nSPS) is 17.8. The molecular formula is C23H27NO5. The minimum absolute atomic E-state index is 0.291. The Hall–Kier alpha value is -3.02. The van der Waals surface area contributed by atoms with Gasteiger partial charge in [-0.1, -0.05) is 37.6 Å². The number of carbonyl (C=O) groups is 2. The van der Waals surface area contributed by atoms with Gasteiger partial charge in [0.2, 0.25) is 0 Å². The average Bonchev–Trinajstić information content (AvgIpc) is 2.72. The number of fused-ring (bicyclic) bond motifs is 1. The van der Waals surface area contributed by atoms with Gasteiger partial charge < -0.3 is 19.5 Å². The highest BCUT2D eigenvalue weighted by Crippen LogP contribution is 2.30. The zero-order valence-corrected chi connectivity index (χ0v) is 17.1. The van der Waals surface area contributed by atoms with Crippen LogP contribution in [0.1, 0.15) is 48.2 Å². The molecule has 154 valence electrons. The predicted molar refractivity (Wildman–Crippen MR) is 109 cm³/mol. The average molecular weight is 397 g/mol. The third-order valence-corrected chi connectivity index (χ3v) is 5.00. The highest BCUT2D eigenvalue weighted by atomic mass is 16.6. The Morgan fingerprint density at radius 1 is 1.21 bits per heavy atom. The SMILES string of the molecule is CCCCOc1ccc(CNC(=O)C2(C)Cc3ccccc3C(=O)O2)cc1OC. The van der Waals surface area contributed by atoms with Gasteiger partial charge >= 0.3 is 5.97 Å². The number of cyclic esters (lactones) is 1. The van der Waals surface area contributed by atoms with E-state index in [0.717, 1.165) is 24.0 Å². The van der Waals surface area contributed by atoms with Crippen LogP contribution >= 0.6 is 0 Å². The Bertz CT molecular complexity index is 895. The second kappa shape index (κ2) is 8.99. The fourth-order valence-electron chi connectivity index (χ4n) is 3.30. The number of methoxy groups -OCH3 is 1. The summed E-state index contributed by atoms with van der Waals surface area (Å²) in [5.74, 6) is 0.500. The minimum Gasteiger partial charge on any atom is -0.493 e. The summed E-state index contributed by atoms with van der Waals surface area (Å²) in [7, 11) is 1.59. The van der Waals surface area contributed by atoms with E-state index in [0.29, 0.717) is 36.6 Å². The molecule has 1 amide bonds. The number of rotatable bonds is 8. The Morgan fingerprint density at radius 3 is 2.76 bits per heavy atom. The molecule has 0 fully saturated rings. The smallest absolute Gasteiger partial charge is 0.339 e. The van der Waals surface area contributed by atoms with Gasteiger partial charge in [-0.3, -0.25) is 4.79 Å². The van der Waals surface area contributed by atoms with Crippen LogP contribution < -0.4 is 14.8 Å². The summed E-state index contributed by atoms with van der Waals surface area (Å²) in [6.07, 6.45) is 2.37. The summed E-state index contributed by atoms with van der Waals surface area (Å²) < 4.78 is 16.6. The van der Waals surface area contributed by atoms with E-state index >= 15 is 0 Å². The summed E-state index contributed by atoms with van der Waals surface area (Å²) >= 11 is 0. The number of benzene rings is 2. The lowest BCUT2D eigenvalue weighted by Gasteiger charge is -2.33. The van der Waals surface area contributed by atoms with Gasteiger partial charge in [0, 0.05) is 13.0 Å². The third-order valence-electron chi connectivity index (χ3n) is 5.00. The molecule has 6 heteroatoms. The summed E-state index contributed by atoms with van der Waals surface area (Å²) in [5, 5.41) is 2.87. The van der Waals surface area contributed by atoms with Gasteiger partial charge in [-0.15, -0.1) is 0 Å². The molecule has 0 bridgehead atoms. The topological polar surface area (TPSA) is 73.9 Å². The monoisotopic (exact) mass is 397 g/mol. The number of ether oxygens (including phenoxy) is 3. The maximum Gasteiger partial charge on any atom is 0.339 e. The van der Waals surface area contributed by atoms with E-state index in [1.165, 1.54) is 0 Å². The van der Waals surface area contributed by atoms with E-state index in [1.54, 1.807) is 26.2 Å². The van der Waals surface area contributed by atoms with Crippen LogP contribution in [-0.2, 0) is 22.5 Å². The zero-order valence-electron chi connectivity index (χ0n) is 17.1. The maximum absolute atomic E-state index is 12.8. The van der Waals surface area contributed by atoms with Crippen molar-refractivity contribution in [3.05, 3.63) is 59.2 Å². The van der Waals surface area contributed by atoms with Gasteiger partial charge in [0.1, 0.15) is 0 Å². The first-order chi connectivity index (χ1) is 14.0. The molecule has 1 atom stereocenters. The van der Waals surface area contributed by atoms with E-state index in [4.69, 9.17) is 14.2 Å². The lowest BCUT2D eigenvalue weighted by atomic mass is 9.89. The number of hydrogen-bond acceptors (Lipinski definition) is 5. The molecule has 0 saturated carbocycles. The number of carbonyl (C=O) groups excluding carboxylic acids is 2. The van der Waals surface area contributed by atoms with Crippen molar-refractivity contribution >= 4 is 11.9 Å². The second-order valence-corrected chi connectivity index (χ2v) is 7.32. The van der Waals surface area contributed by atoms with E-state index in [2.05, 4.69) is 12.2 Å². The van der Waals surface area contributed by atoms with Crippen molar-refractivity contribution in [1.82, 2.24) is 5.32 Å². The van der Waals surface area contributed by atoms with Gasteiger partial charge in [0.25, 0.3) is 5.91 Å². The van der Waals surface area contributed by atoms with Crippen molar-refractivity contribution in [3.63, 3.8) is 0 Å². The molecule has 29 heavy (non-hydrogen) atoms. The fraction of sp³-hybridized carbons (Fsp3) is 0.391. The molecule has 1 unspecified atom stereocenters. The summed E-state index contributed by atoms with van der Waals surface area (Å²) in [5.41, 5.74) is 0.959. The van der Waals surface area contributed by atoms with Gasteiger partial charge in [-0.25, -0.2) is 4.79 Å². The summed E-state index contributed by atoms with van der Waals surface area (Å²) in [6, 6.07) is 12.8. The van der Waals surface area contributed by atoms with Crippen LogP contribution in [0.5, 0.6) is 11.5 Å². The first kappa shape index (κ1) is 20.7. The van der Waals surface area contributed by atoms with E-state index in [9.17, 15) is 9.59 Å². The van der Waals surface area contributed by atoms with Crippen molar-refractivity contribution in [3.8, 4) is 11.5 Å². The second-order valence-electron chi connectivity index (χ2n) is 7.32. The van der Waals surface area contributed by atoms with E-state index in [-0.39, 0.29) is 5.91 Å². The number of nitrogens with one attached hydrogen (secondary N) is 1. The highest BCUT2D eigenvalue weighted by Gasteiger charge is 2.42. The molecular weight excluding hydrogens is 370 g/mol. The van der Waals surface area contributed by atoms with Gasteiger partial charge in [-0.2, -0.15) is 0 Å². The number of hydrogen-bond donors (Lipinski definition) is 1. The molecule has 6 nitrogen and oxygen atoms in total. The number of unbranched alkanes of at least 4 members (excludes halogenated alkanes) is 1. The Kier molecular flexibility index (Phi) is 6.42. The van der Waals surface area contributed by atoms with Gasteiger partial charge in [0.05, 0.1) is 19.3 Å². The van der Waals surface area contributed by atoms with Crippen molar-refractivity contribution in [2.24, 2.45) is 0 Å². The van der Waals surface area contributed by atoms with Crippen LogP contribution in [0.15, 0.2) is 42.5 Å². The van der Waals surface area contributed by atoms with Crippen molar-refractivity contribution in [2.45, 2.75) is 45.3 Å². The molecule has 2 aromatic carbocycles. The van der Waals surface area contributed by atoms with Crippen LogP contribution in [0, 0.1) is 0 Å². The van der Waals surface area contributed by atoms with Gasteiger partial charge in [0.15, 0.2) is 17.1 Å². The van der Waals surface area contributed by atoms with Crippen LogP contribution in [-0.4, -0.2) is 31.2 Å².